The fourth-order valence-electron chi connectivity index (χ4n) is 0.639. The summed E-state index contributed by atoms with van der Waals surface area (Å²) in [4.78, 5) is 1.58. The molecule has 0 unspecified atom stereocenters. The number of nitrogens with zero attached hydrogens (tertiary/aromatic N) is 1. The number of para-hydroxylation sites is 1. The van der Waals surface area contributed by atoms with E-state index in [4.69, 9.17) is 0 Å². The van der Waals surface area contributed by atoms with Crippen molar-refractivity contribution < 1.29 is 51.3 Å². The Balaban J connectivity index is -0.000000270. The number of hydrogen-bond acceptors (Lipinski definition) is 1. The molecule has 0 saturated heterocycles. The van der Waals surface area contributed by atoms with Crippen molar-refractivity contribution in [3.05, 3.63) is 51.9 Å². The van der Waals surface area contributed by atoms with Crippen LogP contribution in [0.1, 0.15) is 0 Å². The summed E-state index contributed by atoms with van der Waals surface area (Å²) in [7, 11) is 7.26. The van der Waals surface area contributed by atoms with Crippen LogP contribution in [0.4, 0.5) is 5.69 Å². The van der Waals surface area contributed by atoms with E-state index in [1.807, 2.05) is 30.3 Å². The van der Waals surface area contributed by atoms with E-state index in [1.54, 1.807) is 4.90 Å². The Hall–Kier alpha value is 0.708. The standard InChI is InChI=1S/C8H9N.CH3.V.Y/c1-9(2)8-6-4-3-5-7-8;;;/h3-7H,1-2H2;1H3;;/q-2;-1;;. The Morgan fingerprint density at radius 2 is 1.42 bits per heavy atom. The second-order valence-electron chi connectivity index (χ2n) is 1.88. The summed E-state index contributed by atoms with van der Waals surface area (Å²) < 4.78 is 0. The third kappa shape index (κ3) is 6.25. The Kier molecular flexibility index (Phi) is 15.1. The third-order valence-corrected chi connectivity index (χ3v) is 1.12. The minimum absolute atomic E-state index is 0. The van der Waals surface area contributed by atoms with Crippen LogP contribution in [0.25, 0.3) is 0 Å². The van der Waals surface area contributed by atoms with Gasteiger partial charge in [0.15, 0.2) is 0 Å². The molecule has 0 aliphatic rings. The molecule has 0 amide bonds. The smallest absolute Gasteiger partial charge is 0 e. The predicted octanol–water partition coefficient (Wildman–Crippen LogP) is 2.52. The van der Waals surface area contributed by atoms with E-state index in [0.717, 1.165) is 5.69 Å². The van der Waals surface area contributed by atoms with E-state index in [0.29, 0.717) is 0 Å². The quantitative estimate of drug-likeness (QED) is 0.711. The molecule has 1 aromatic carbocycles. The first-order valence-electron chi connectivity index (χ1n) is 2.77. The molecule has 2 radical (unpaired) electrons. The summed E-state index contributed by atoms with van der Waals surface area (Å²) >= 11 is 0. The largest absolute Gasteiger partial charge is 0.670 e. The number of rotatable bonds is 1. The molecule has 0 spiro atoms. The molecule has 64 valence electrons. The average Bonchev–Trinajstić information content (AvgIpc) is 1.90. The maximum absolute atomic E-state index is 3.63. The van der Waals surface area contributed by atoms with Crippen LogP contribution in [0, 0.1) is 21.5 Å². The van der Waals surface area contributed by atoms with Gasteiger partial charge in [-0.3, -0.25) is 14.1 Å². The van der Waals surface area contributed by atoms with Crippen LogP contribution in [0.15, 0.2) is 30.3 Å². The van der Waals surface area contributed by atoms with Crippen molar-refractivity contribution in [3.8, 4) is 0 Å². The first-order valence-corrected chi connectivity index (χ1v) is 2.77. The number of benzene rings is 1. The van der Waals surface area contributed by atoms with Gasteiger partial charge in [-0.25, -0.2) is 0 Å². The Labute approximate surface area is 113 Å². The molecule has 1 aromatic rings. The van der Waals surface area contributed by atoms with Gasteiger partial charge in [-0.2, -0.15) is 0 Å². The monoisotopic (exact) mass is 274 g/mol. The van der Waals surface area contributed by atoms with Gasteiger partial charge >= 0.3 is 0 Å². The van der Waals surface area contributed by atoms with E-state index >= 15 is 0 Å². The number of hydrogen-bond donors (Lipinski definition) is 0. The molecule has 0 fully saturated rings. The molecule has 1 rings (SSSR count). The van der Waals surface area contributed by atoms with Crippen molar-refractivity contribution >= 4 is 5.69 Å². The summed E-state index contributed by atoms with van der Waals surface area (Å²) in [6.07, 6.45) is 0. The SMILES string of the molecule is [CH2-]N([CH2-])c1ccccc1.[CH3-].[V].[Y]. The van der Waals surface area contributed by atoms with Crippen molar-refractivity contribution in [1.29, 1.82) is 0 Å². The van der Waals surface area contributed by atoms with Crippen LogP contribution < -0.4 is 4.90 Å². The van der Waals surface area contributed by atoms with E-state index in [2.05, 4.69) is 14.1 Å². The summed E-state index contributed by atoms with van der Waals surface area (Å²) in [6, 6.07) is 9.80. The van der Waals surface area contributed by atoms with Crippen LogP contribution in [-0.2, 0) is 51.3 Å². The van der Waals surface area contributed by atoms with Gasteiger partial charge in [0.25, 0.3) is 0 Å². The van der Waals surface area contributed by atoms with Crippen molar-refractivity contribution in [3.63, 3.8) is 0 Å². The normalized spacial score (nSPS) is 6.83. The van der Waals surface area contributed by atoms with Crippen LogP contribution in [0.5, 0.6) is 0 Å². The first-order chi connectivity index (χ1) is 4.30. The van der Waals surface area contributed by atoms with E-state index in [9.17, 15) is 0 Å². The molecule has 12 heavy (non-hydrogen) atoms. The topological polar surface area (TPSA) is 3.24 Å². The minimum Gasteiger partial charge on any atom is -0.670 e. The summed E-state index contributed by atoms with van der Waals surface area (Å²) in [5.41, 5.74) is 1.03. The van der Waals surface area contributed by atoms with Gasteiger partial charge in [0.2, 0.25) is 0 Å². The molecule has 0 atom stereocenters. The molecule has 0 N–H and O–H groups in total. The molecular weight excluding hydrogens is 262 g/mol. The average molecular weight is 274 g/mol. The molecule has 0 aliphatic carbocycles. The van der Waals surface area contributed by atoms with Crippen molar-refractivity contribution in [1.82, 2.24) is 0 Å². The Morgan fingerprint density at radius 3 is 1.67 bits per heavy atom. The van der Waals surface area contributed by atoms with Crippen LogP contribution >= 0.6 is 0 Å². The second kappa shape index (κ2) is 9.79. The van der Waals surface area contributed by atoms with Gasteiger partial charge in [0, 0.05) is 51.3 Å². The van der Waals surface area contributed by atoms with Gasteiger partial charge < -0.3 is 12.3 Å². The summed E-state index contributed by atoms with van der Waals surface area (Å²) in [5.74, 6) is 0. The molecule has 0 bridgehead atoms. The maximum Gasteiger partial charge on any atom is 0 e. The fourth-order valence-corrected chi connectivity index (χ4v) is 0.639. The third-order valence-electron chi connectivity index (χ3n) is 1.12. The van der Waals surface area contributed by atoms with Gasteiger partial charge in [0.1, 0.15) is 0 Å². The molecule has 3 heteroatoms. The Bertz CT molecular complexity index is 177. The van der Waals surface area contributed by atoms with Gasteiger partial charge in [0.05, 0.1) is 0 Å². The summed E-state index contributed by atoms with van der Waals surface area (Å²) in [5, 5.41) is 0. The second-order valence-corrected chi connectivity index (χ2v) is 1.88. The van der Waals surface area contributed by atoms with Crippen molar-refractivity contribution in [2.45, 2.75) is 0 Å². The van der Waals surface area contributed by atoms with Crippen LogP contribution in [0.2, 0.25) is 0 Å². The number of anilines is 1. The Morgan fingerprint density at radius 1 is 1.00 bits per heavy atom. The molecular formula is C9H12NVY-3. The zero-order chi connectivity index (χ0) is 6.69. The van der Waals surface area contributed by atoms with E-state index in [1.165, 1.54) is 0 Å². The molecule has 0 aromatic heterocycles. The van der Waals surface area contributed by atoms with Gasteiger partial charge in [-0.1, -0.05) is 18.2 Å². The van der Waals surface area contributed by atoms with Crippen LogP contribution in [-0.4, -0.2) is 0 Å². The van der Waals surface area contributed by atoms with Crippen molar-refractivity contribution in [2.24, 2.45) is 0 Å². The van der Waals surface area contributed by atoms with Crippen LogP contribution in [0.3, 0.4) is 0 Å². The fraction of sp³-hybridized carbons (Fsp3) is 0. The zero-order valence-corrected chi connectivity index (χ0v) is 11.5. The van der Waals surface area contributed by atoms with Crippen molar-refractivity contribution in [2.75, 3.05) is 4.90 Å². The molecule has 1 nitrogen and oxygen atoms in total. The molecule has 0 saturated carbocycles. The van der Waals surface area contributed by atoms with Gasteiger partial charge in [-0.15, -0.1) is 0 Å². The minimum atomic E-state index is 0. The molecule has 0 aliphatic heterocycles. The van der Waals surface area contributed by atoms with E-state index < -0.39 is 0 Å². The molecule has 0 heterocycles. The maximum atomic E-state index is 3.63. The predicted molar refractivity (Wildman–Crippen MR) is 46.0 cm³/mol. The van der Waals surface area contributed by atoms with Gasteiger partial charge in [-0.05, 0) is 17.8 Å². The van der Waals surface area contributed by atoms with E-state index in [-0.39, 0.29) is 58.7 Å². The first kappa shape index (κ1) is 18.5. The zero-order valence-electron chi connectivity index (χ0n) is 7.27. The summed E-state index contributed by atoms with van der Waals surface area (Å²) in [6.45, 7) is 0.